The second kappa shape index (κ2) is 11.0. The first-order valence-corrected chi connectivity index (χ1v) is 19.4. The van der Waals surface area contributed by atoms with E-state index in [0.717, 1.165) is 5.69 Å². The van der Waals surface area contributed by atoms with Crippen LogP contribution in [0.25, 0.3) is 60.4 Å². The van der Waals surface area contributed by atoms with Crippen molar-refractivity contribution in [2.24, 2.45) is 0 Å². The maximum Gasteiger partial charge on any atom is 0.0765 e. The third-order valence-electron chi connectivity index (χ3n) is 12.0. The molecule has 1 atom stereocenters. The predicted octanol–water partition coefficient (Wildman–Crippen LogP) is 12.6. The Morgan fingerprint density at radius 3 is 1.91 bits per heavy atom. The summed E-state index contributed by atoms with van der Waals surface area (Å²) >= 11 is 1.91. The molecule has 12 rings (SSSR count). The SMILES string of the molecule is CN(c1ccc(-c2ccccc2)cc1)n1c2ccccc2c2cc3c(cc21)C1(c2ccccc2S3)c2ccccc2-n2c3ccccc3c3cccc1c32. The lowest BCUT2D eigenvalue weighted by molar-refractivity contribution is 0.690. The van der Waals surface area contributed by atoms with Crippen LogP contribution in [0.3, 0.4) is 0 Å². The van der Waals surface area contributed by atoms with Crippen LogP contribution in [0, 0.1) is 0 Å². The third-order valence-corrected chi connectivity index (χ3v) is 13.1. The molecule has 10 aromatic rings. The molecule has 54 heavy (non-hydrogen) atoms. The van der Waals surface area contributed by atoms with Crippen molar-refractivity contribution < 1.29 is 0 Å². The van der Waals surface area contributed by atoms with E-state index in [1.165, 1.54) is 92.5 Å². The van der Waals surface area contributed by atoms with Crippen molar-refractivity contribution in [3.8, 4) is 16.8 Å². The second-order valence-corrected chi connectivity index (χ2v) is 15.6. The molecule has 1 unspecified atom stereocenters. The average molecular weight is 708 g/mol. The molecule has 0 bridgehead atoms. The van der Waals surface area contributed by atoms with Gasteiger partial charge < -0.3 is 4.57 Å². The third kappa shape index (κ3) is 3.83. The van der Waals surface area contributed by atoms with Crippen LogP contribution in [0.4, 0.5) is 5.69 Å². The van der Waals surface area contributed by atoms with E-state index < -0.39 is 5.41 Å². The Hall–Kier alpha value is -6.49. The molecule has 0 N–H and O–H groups in total. The van der Waals surface area contributed by atoms with Crippen molar-refractivity contribution in [1.29, 1.82) is 0 Å². The molecule has 4 heteroatoms. The number of rotatable bonds is 3. The molecule has 0 fully saturated rings. The van der Waals surface area contributed by atoms with E-state index in [9.17, 15) is 0 Å². The fraction of sp³-hybridized carbons (Fsp3) is 0.0400. The number of hydrogen-bond donors (Lipinski definition) is 0. The van der Waals surface area contributed by atoms with E-state index in [0.29, 0.717) is 0 Å². The molecule has 2 aromatic heterocycles. The highest BCUT2D eigenvalue weighted by molar-refractivity contribution is 7.99. The Balaban J connectivity index is 1.18. The van der Waals surface area contributed by atoms with Crippen molar-refractivity contribution in [3.05, 3.63) is 204 Å². The zero-order valence-corrected chi connectivity index (χ0v) is 30.4. The van der Waals surface area contributed by atoms with Gasteiger partial charge in [-0.3, -0.25) is 9.69 Å². The molecule has 2 aliphatic rings. The highest BCUT2D eigenvalue weighted by Gasteiger charge is 2.49. The minimum atomic E-state index is -0.539. The van der Waals surface area contributed by atoms with Crippen LogP contribution in [-0.2, 0) is 5.41 Å². The number of aromatic nitrogens is 2. The Morgan fingerprint density at radius 1 is 0.444 bits per heavy atom. The predicted molar refractivity (Wildman–Crippen MR) is 225 cm³/mol. The van der Waals surface area contributed by atoms with E-state index in [1.807, 2.05) is 11.8 Å². The summed E-state index contributed by atoms with van der Waals surface area (Å²) in [6.45, 7) is 0. The van der Waals surface area contributed by atoms with E-state index >= 15 is 0 Å². The molecule has 2 aliphatic heterocycles. The lowest BCUT2D eigenvalue weighted by Crippen LogP contribution is -2.37. The highest BCUT2D eigenvalue weighted by Crippen LogP contribution is 2.61. The lowest BCUT2D eigenvalue weighted by atomic mass is 9.62. The van der Waals surface area contributed by atoms with Crippen LogP contribution >= 0.6 is 11.8 Å². The fourth-order valence-corrected chi connectivity index (χ4v) is 10.9. The number of hydrogen-bond acceptors (Lipinski definition) is 2. The maximum atomic E-state index is 2.52. The van der Waals surface area contributed by atoms with Gasteiger partial charge in [-0.05, 0) is 81.9 Å². The quantitative estimate of drug-likeness (QED) is 0.181. The van der Waals surface area contributed by atoms with Gasteiger partial charge >= 0.3 is 0 Å². The van der Waals surface area contributed by atoms with Crippen molar-refractivity contribution in [3.63, 3.8) is 0 Å². The van der Waals surface area contributed by atoms with Crippen LogP contribution in [0.1, 0.15) is 22.3 Å². The molecule has 4 heterocycles. The lowest BCUT2D eigenvalue weighted by Gasteiger charge is -2.45. The van der Waals surface area contributed by atoms with Crippen LogP contribution in [0.15, 0.2) is 192 Å². The Kier molecular flexibility index (Phi) is 6.12. The molecule has 3 nitrogen and oxygen atoms in total. The molecule has 8 aromatic carbocycles. The molecule has 0 saturated carbocycles. The molecule has 0 radical (unpaired) electrons. The maximum absolute atomic E-state index is 2.52. The van der Waals surface area contributed by atoms with E-state index in [1.54, 1.807) is 0 Å². The summed E-state index contributed by atoms with van der Waals surface area (Å²) in [5.41, 5.74) is 14.5. The van der Waals surface area contributed by atoms with Gasteiger partial charge in [-0.1, -0.05) is 145 Å². The molecular formula is C50H33N3S. The van der Waals surface area contributed by atoms with E-state index in [-0.39, 0.29) is 0 Å². The highest BCUT2D eigenvalue weighted by atomic mass is 32.2. The smallest absolute Gasteiger partial charge is 0.0765 e. The van der Waals surface area contributed by atoms with Gasteiger partial charge in [0, 0.05) is 38.4 Å². The summed E-state index contributed by atoms with van der Waals surface area (Å²) in [6.07, 6.45) is 0. The Bertz CT molecular complexity index is 3150. The number of anilines is 1. The molecular weight excluding hydrogens is 675 g/mol. The van der Waals surface area contributed by atoms with Gasteiger partial charge in [0.25, 0.3) is 0 Å². The number of para-hydroxylation sites is 4. The Morgan fingerprint density at radius 2 is 1.07 bits per heavy atom. The van der Waals surface area contributed by atoms with Crippen molar-refractivity contribution >= 4 is 61.1 Å². The first kappa shape index (κ1) is 30.0. The van der Waals surface area contributed by atoms with Crippen molar-refractivity contribution in [2.45, 2.75) is 15.2 Å². The van der Waals surface area contributed by atoms with Crippen LogP contribution < -0.4 is 5.01 Å². The van der Waals surface area contributed by atoms with Gasteiger partial charge in [-0.25, -0.2) is 0 Å². The number of fused-ring (bicyclic) bond motifs is 14. The normalized spacial score (nSPS) is 15.5. The standard InChI is InChI=1S/C50H33N3S/c1-51(34-28-26-33(27-29-34)32-14-3-2-4-15-32)53-44-23-10-6-17-36(44)38-30-48-42(31-46(38)53)50(40-20-8-12-25-47(40)54-48)39-19-7-11-24-45(39)52-43-22-9-5-16-35(43)37-18-13-21-41(50)49(37)52/h2-31H,1H3. The van der Waals surface area contributed by atoms with Crippen molar-refractivity contribution in [2.75, 3.05) is 12.1 Å². The second-order valence-electron chi connectivity index (χ2n) is 14.6. The van der Waals surface area contributed by atoms with Gasteiger partial charge in [0.05, 0.1) is 38.9 Å². The van der Waals surface area contributed by atoms with Gasteiger partial charge in [-0.15, -0.1) is 0 Å². The van der Waals surface area contributed by atoms with Crippen LogP contribution in [-0.4, -0.2) is 16.3 Å². The Labute approximate surface area is 317 Å². The zero-order valence-electron chi connectivity index (χ0n) is 29.6. The van der Waals surface area contributed by atoms with Crippen LogP contribution in [0.5, 0.6) is 0 Å². The molecule has 0 saturated heterocycles. The van der Waals surface area contributed by atoms with Gasteiger partial charge in [-0.2, -0.15) is 0 Å². The number of benzene rings is 8. The average Bonchev–Trinajstić information content (AvgIpc) is 3.75. The van der Waals surface area contributed by atoms with E-state index in [4.69, 9.17) is 0 Å². The van der Waals surface area contributed by atoms with Gasteiger partial charge in [0.2, 0.25) is 0 Å². The zero-order chi connectivity index (χ0) is 35.5. The van der Waals surface area contributed by atoms with Crippen molar-refractivity contribution in [1.82, 2.24) is 9.24 Å². The first-order chi connectivity index (χ1) is 26.7. The first-order valence-electron chi connectivity index (χ1n) is 18.6. The fourth-order valence-electron chi connectivity index (χ4n) is 9.70. The van der Waals surface area contributed by atoms with Gasteiger partial charge in [0.1, 0.15) is 0 Å². The van der Waals surface area contributed by atoms with Crippen LogP contribution in [0.2, 0.25) is 0 Å². The minimum Gasteiger partial charge on any atom is -0.309 e. The summed E-state index contributed by atoms with van der Waals surface area (Å²) in [5.74, 6) is 0. The topological polar surface area (TPSA) is 13.1 Å². The van der Waals surface area contributed by atoms with Gasteiger partial charge in [0.15, 0.2) is 0 Å². The molecule has 0 amide bonds. The summed E-state index contributed by atoms with van der Waals surface area (Å²) < 4.78 is 4.95. The monoisotopic (exact) mass is 707 g/mol. The minimum absolute atomic E-state index is 0.539. The molecule has 0 aliphatic carbocycles. The summed E-state index contributed by atoms with van der Waals surface area (Å²) in [5, 5.41) is 7.41. The van der Waals surface area contributed by atoms with E-state index in [2.05, 4.69) is 203 Å². The largest absolute Gasteiger partial charge is 0.309 e. The number of nitrogens with zero attached hydrogens (tertiary/aromatic N) is 3. The molecule has 254 valence electrons. The molecule has 1 spiro atoms. The summed E-state index contributed by atoms with van der Waals surface area (Å²) in [6, 6.07) is 67.5. The summed E-state index contributed by atoms with van der Waals surface area (Å²) in [7, 11) is 2.19. The summed E-state index contributed by atoms with van der Waals surface area (Å²) in [4.78, 5) is 2.61.